The van der Waals surface area contributed by atoms with Crippen molar-refractivity contribution in [1.29, 1.82) is 0 Å². The van der Waals surface area contributed by atoms with Crippen molar-refractivity contribution < 1.29 is 24.0 Å². The highest BCUT2D eigenvalue weighted by Gasteiger charge is 2.28. The average molecular weight is 299 g/mol. The lowest BCUT2D eigenvalue weighted by atomic mass is 10.1. The van der Waals surface area contributed by atoms with Crippen LogP contribution in [-0.4, -0.2) is 27.6 Å². The summed E-state index contributed by atoms with van der Waals surface area (Å²) < 4.78 is 13.2. The molecule has 0 aromatic heterocycles. The van der Waals surface area contributed by atoms with Crippen LogP contribution < -0.4 is 10.6 Å². The Hall–Kier alpha value is -2.71. The number of carboxylic acid groups (broad SMARTS) is 1. The summed E-state index contributed by atoms with van der Waals surface area (Å²) >= 11 is 0. The summed E-state index contributed by atoms with van der Waals surface area (Å²) in [6.07, 6.45) is 0. The van der Waals surface area contributed by atoms with E-state index in [0.717, 1.165) is 18.2 Å². The van der Waals surface area contributed by atoms with Gasteiger partial charge in [0.15, 0.2) is 0 Å². The SMILES string of the molecule is CC(C)(NC(=O)NCc1cc(F)cc([N+](=O)[O-])c1)C(=O)O. The molecule has 0 unspecified atom stereocenters. The highest BCUT2D eigenvalue weighted by Crippen LogP contribution is 2.16. The van der Waals surface area contributed by atoms with Crippen molar-refractivity contribution in [2.75, 3.05) is 0 Å². The molecular weight excluding hydrogens is 285 g/mol. The molecule has 2 amide bonds. The minimum Gasteiger partial charge on any atom is -0.480 e. The molecule has 0 bridgehead atoms. The number of amides is 2. The summed E-state index contributed by atoms with van der Waals surface area (Å²) in [5.41, 5.74) is -1.72. The molecule has 114 valence electrons. The van der Waals surface area contributed by atoms with E-state index in [-0.39, 0.29) is 12.1 Å². The van der Waals surface area contributed by atoms with Gasteiger partial charge in [0.05, 0.1) is 11.0 Å². The van der Waals surface area contributed by atoms with Crippen LogP contribution in [0.15, 0.2) is 18.2 Å². The molecule has 0 saturated heterocycles. The second-order valence-electron chi connectivity index (χ2n) is 4.81. The van der Waals surface area contributed by atoms with Crippen LogP contribution in [0, 0.1) is 15.9 Å². The molecular formula is C12H14FN3O5. The van der Waals surface area contributed by atoms with E-state index in [4.69, 9.17) is 5.11 Å². The Labute approximate surface area is 119 Å². The Morgan fingerprint density at radius 2 is 2.00 bits per heavy atom. The first-order chi connectivity index (χ1) is 9.61. The first kappa shape index (κ1) is 16.3. The molecule has 0 radical (unpaired) electrons. The van der Waals surface area contributed by atoms with Crippen molar-refractivity contribution in [2.24, 2.45) is 0 Å². The maximum Gasteiger partial charge on any atom is 0.328 e. The van der Waals surface area contributed by atoms with Crippen LogP contribution in [0.1, 0.15) is 19.4 Å². The van der Waals surface area contributed by atoms with Gasteiger partial charge in [0.1, 0.15) is 11.4 Å². The van der Waals surface area contributed by atoms with E-state index in [0.29, 0.717) is 0 Å². The second-order valence-corrected chi connectivity index (χ2v) is 4.81. The van der Waals surface area contributed by atoms with Crippen molar-refractivity contribution in [1.82, 2.24) is 10.6 Å². The average Bonchev–Trinajstić information content (AvgIpc) is 2.35. The molecule has 0 saturated carbocycles. The zero-order valence-electron chi connectivity index (χ0n) is 11.3. The van der Waals surface area contributed by atoms with Gasteiger partial charge in [0.25, 0.3) is 5.69 Å². The molecule has 9 heteroatoms. The Kier molecular flexibility index (Phi) is 4.79. The van der Waals surface area contributed by atoms with Crippen LogP contribution in [-0.2, 0) is 11.3 Å². The summed E-state index contributed by atoms with van der Waals surface area (Å²) in [5.74, 6) is -2.02. The number of urea groups is 1. The molecule has 0 aliphatic heterocycles. The van der Waals surface area contributed by atoms with Crippen molar-refractivity contribution >= 4 is 17.7 Å². The number of hydrogen-bond acceptors (Lipinski definition) is 4. The number of rotatable bonds is 5. The third-order valence-corrected chi connectivity index (χ3v) is 2.57. The van der Waals surface area contributed by atoms with E-state index >= 15 is 0 Å². The molecule has 8 nitrogen and oxygen atoms in total. The summed E-state index contributed by atoms with van der Waals surface area (Å²) in [6.45, 7) is 2.41. The topological polar surface area (TPSA) is 122 Å². The number of non-ortho nitro benzene ring substituents is 1. The Balaban J connectivity index is 2.69. The first-order valence-corrected chi connectivity index (χ1v) is 5.85. The number of nitrogens with one attached hydrogen (secondary N) is 2. The number of aliphatic carboxylic acids is 1. The lowest BCUT2D eigenvalue weighted by Crippen LogP contribution is -2.52. The molecule has 0 aliphatic rings. The fourth-order valence-electron chi connectivity index (χ4n) is 1.40. The third kappa shape index (κ3) is 4.71. The monoisotopic (exact) mass is 299 g/mol. The minimum atomic E-state index is -1.47. The molecule has 1 aromatic rings. The maximum atomic E-state index is 13.2. The van der Waals surface area contributed by atoms with Gasteiger partial charge in [0.2, 0.25) is 0 Å². The van der Waals surface area contributed by atoms with Gasteiger partial charge in [0, 0.05) is 12.6 Å². The molecule has 0 atom stereocenters. The van der Waals surface area contributed by atoms with Crippen LogP contribution >= 0.6 is 0 Å². The molecule has 0 aliphatic carbocycles. The molecule has 0 fully saturated rings. The minimum absolute atomic E-state index is 0.180. The van der Waals surface area contributed by atoms with Gasteiger partial charge in [-0.2, -0.15) is 0 Å². The number of carbonyl (C=O) groups is 2. The van der Waals surface area contributed by atoms with Crippen LogP contribution in [0.3, 0.4) is 0 Å². The number of benzene rings is 1. The van der Waals surface area contributed by atoms with Gasteiger partial charge in [-0.25, -0.2) is 14.0 Å². The summed E-state index contributed by atoms with van der Waals surface area (Å²) in [6, 6.07) is 2.13. The number of hydrogen-bond donors (Lipinski definition) is 3. The first-order valence-electron chi connectivity index (χ1n) is 5.85. The fraction of sp³-hybridized carbons (Fsp3) is 0.333. The second kappa shape index (κ2) is 6.16. The standard InChI is InChI=1S/C12H14FN3O5/c1-12(2,10(17)18)15-11(19)14-6-7-3-8(13)5-9(4-7)16(20)21/h3-5H,6H2,1-2H3,(H,17,18)(H2,14,15,19). The molecule has 3 N–H and O–H groups in total. The number of halogens is 1. The summed E-state index contributed by atoms with van der Waals surface area (Å²) in [4.78, 5) is 32.2. The number of carbonyl (C=O) groups excluding carboxylic acids is 1. The van der Waals surface area contributed by atoms with E-state index in [1.165, 1.54) is 13.8 Å². The largest absolute Gasteiger partial charge is 0.480 e. The van der Waals surface area contributed by atoms with E-state index in [9.17, 15) is 24.1 Å². The van der Waals surface area contributed by atoms with E-state index < -0.39 is 34.0 Å². The van der Waals surface area contributed by atoms with Crippen LogP contribution in [0.2, 0.25) is 0 Å². The van der Waals surface area contributed by atoms with E-state index in [1.807, 2.05) is 0 Å². The number of nitro groups is 1. The van der Waals surface area contributed by atoms with Gasteiger partial charge in [-0.15, -0.1) is 0 Å². The summed E-state index contributed by atoms with van der Waals surface area (Å²) in [7, 11) is 0. The molecule has 0 heterocycles. The number of nitrogens with zero attached hydrogens (tertiary/aromatic N) is 1. The van der Waals surface area contributed by atoms with Crippen LogP contribution in [0.5, 0.6) is 0 Å². The highest BCUT2D eigenvalue weighted by molar-refractivity contribution is 5.85. The van der Waals surface area contributed by atoms with Crippen molar-refractivity contribution in [3.63, 3.8) is 0 Å². The van der Waals surface area contributed by atoms with Gasteiger partial charge in [-0.1, -0.05) is 0 Å². The molecule has 0 spiro atoms. The smallest absolute Gasteiger partial charge is 0.328 e. The normalized spacial score (nSPS) is 10.8. The number of carboxylic acids is 1. The van der Waals surface area contributed by atoms with Crippen LogP contribution in [0.25, 0.3) is 0 Å². The fourth-order valence-corrected chi connectivity index (χ4v) is 1.40. The van der Waals surface area contributed by atoms with Gasteiger partial charge in [-0.05, 0) is 25.5 Å². The Morgan fingerprint density at radius 1 is 1.38 bits per heavy atom. The van der Waals surface area contributed by atoms with E-state index in [2.05, 4.69) is 10.6 Å². The quantitative estimate of drug-likeness (QED) is 0.560. The Bertz CT molecular complexity index is 588. The maximum absolute atomic E-state index is 13.2. The zero-order chi connectivity index (χ0) is 16.2. The highest BCUT2D eigenvalue weighted by atomic mass is 19.1. The van der Waals surface area contributed by atoms with Crippen molar-refractivity contribution in [3.05, 3.63) is 39.7 Å². The lowest BCUT2D eigenvalue weighted by molar-refractivity contribution is -0.385. The van der Waals surface area contributed by atoms with Gasteiger partial charge in [-0.3, -0.25) is 10.1 Å². The predicted molar refractivity (Wildman–Crippen MR) is 70.1 cm³/mol. The van der Waals surface area contributed by atoms with Crippen molar-refractivity contribution in [2.45, 2.75) is 25.9 Å². The van der Waals surface area contributed by atoms with Gasteiger partial charge >= 0.3 is 12.0 Å². The third-order valence-electron chi connectivity index (χ3n) is 2.57. The summed E-state index contributed by atoms with van der Waals surface area (Å²) in [5, 5.41) is 23.9. The van der Waals surface area contributed by atoms with E-state index in [1.54, 1.807) is 0 Å². The van der Waals surface area contributed by atoms with Crippen molar-refractivity contribution in [3.8, 4) is 0 Å². The Morgan fingerprint density at radius 3 is 2.52 bits per heavy atom. The van der Waals surface area contributed by atoms with Gasteiger partial charge < -0.3 is 15.7 Å². The molecule has 1 rings (SSSR count). The molecule has 21 heavy (non-hydrogen) atoms. The predicted octanol–water partition coefficient (Wildman–Crippen LogP) is 1.40. The lowest BCUT2D eigenvalue weighted by Gasteiger charge is -2.21. The number of nitro benzene ring substituents is 1. The zero-order valence-corrected chi connectivity index (χ0v) is 11.3. The van der Waals surface area contributed by atoms with Crippen LogP contribution in [0.4, 0.5) is 14.9 Å². The molecule has 1 aromatic carbocycles.